The minimum Gasteiger partial charge on any atom is -0.444 e. The van der Waals surface area contributed by atoms with E-state index in [9.17, 15) is 23.6 Å². The van der Waals surface area contributed by atoms with Crippen LogP contribution in [0.15, 0.2) is 12.1 Å². The molecule has 4 amide bonds. The van der Waals surface area contributed by atoms with Crippen LogP contribution in [0.4, 0.5) is 14.9 Å². The first-order chi connectivity index (χ1) is 19.5. The molecule has 0 aromatic heterocycles. The van der Waals surface area contributed by atoms with Gasteiger partial charge in [-0.25, -0.2) is 9.18 Å². The monoisotopic (exact) mass is 571 g/mol. The molecule has 2 saturated heterocycles. The first-order valence-corrected chi connectivity index (χ1v) is 14.9. The van der Waals surface area contributed by atoms with Crippen LogP contribution in [0.2, 0.25) is 0 Å². The molecule has 10 nitrogen and oxygen atoms in total. The normalized spacial score (nSPS) is 25.7. The first-order valence-electron chi connectivity index (χ1n) is 14.9. The minimum atomic E-state index is -0.719. The second-order valence-corrected chi connectivity index (χ2v) is 12.9. The molecule has 224 valence electrons. The highest BCUT2D eigenvalue weighted by atomic mass is 19.1. The van der Waals surface area contributed by atoms with Crippen LogP contribution in [0.1, 0.15) is 75.2 Å². The minimum absolute atomic E-state index is 0.185. The number of amides is 4. The van der Waals surface area contributed by atoms with Crippen molar-refractivity contribution in [2.24, 2.45) is 11.8 Å². The van der Waals surface area contributed by atoms with E-state index in [0.29, 0.717) is 23.9 Å². The average Bonchev–Trinajstić information content (AvgIpc) is 3.23. The summed E-state index contributed by atoms with van der Waals surface area (Å²) in [6, 6.07) is 2.05. The van der Waals surface area contributed by atoms with E-state index in [0.717, 1.165) is 69.7 Å². The summed E-state index contributed by atoms with van der Waals surface area (Å²) in [5.41, 5.74) is 1.30. The van der Waals surface area contributed by atoms with E-state index in [1.165, 1.54) is 17.0 Å². The summed E-state index contributed by atoms with van der Waals surface area (Å²) in [4.78, 5) is 55.2. The first kappa shape index (κ1) is 29.3. The molecule has 1 saturated carbocycles. The number of hydrogen-bond acceptors (Lipinski definition) is 7. The third-order valence-electron chi connectivity index (χ3n) is 8.73. The topological polar surface area (TPSA) is 111 Å². The zero-order chi connectivity index (χ0) is 29.3. The van der Waals surface area contributed by atoms with Crippen LogP contribution >= 0.6 is 0 Å². The number of ether oxygens (including phenoxy) is 1. The van der Waals surface area contributed by atoms with Gasteiger partial charge in [0.15, 0.2) is 0 Å². The number of anilines is 1. The molecule has 5 rings (SSSR count). The van der Waals surface area contributed by atoms with Crippen LogP contribution in [0.5, 0.6) is 0 Å². The number of piperidine rings is 1. The van der Waals surface area contributed by atoms with Gasteiger partial charge in [-0.3, -0.25) is 24.6 Å². The summed E-state index contributed by atoms with van der Waals surface area (Å²) in [5, 5.41) is 5.23. The van der Waals surface area contributed by atoms with Crippen LogP contribution in [-0.4, -0.2) is 84.5 Å². The highest BCUT2D eigenvalue weighted by Crippen LogP contribution is 2.36. The predicted molar refractivity (Wildman–Crippen MR) is 151 cm³/mol. The molecule has 3 fully saturated rings. The Hall–Kier alpha value is -3.21. The van der Waals surface area contributed by atoms with Crippen molar-refractivity contribution in [3.05, 3.63) is 29.1 Å². The number of fused-ring (bicyclic) bond motifs is 1. The number of nitrogens with zero attached hydrogens (tertiary/aromatic N) is 3. The predicted octanol–water partition coefficient (Wildman–Crippen LogP) is 3.04. The Labute approximate surface area is 240 Å². The van der Waals surface area contributed by atoms with Crippen LogP contribution in [-0.2, 0) is 20.9 Å². The van der Waals surface area contributed by atoms with Crippen LogP contribution < -0.4 is 15.5 Å². The third kappa shape index (κ3) is 6.99. The van der Waals surface area contributed by atoms with Gasteiger partial charge in [0.05, 0.1) is 0 Å². The molecule has 3 heterocycles. The summed E-state index contributed by atoms with van der Waals surface area (Å²) in [7, 11) is 0. The van der Waals surface area contributed by atoms with Crippen molar-refractivity contribution in [1.82, 2.24) is 20.4 Å². The summed E-state index contributed by atoms with van der Waals surface area (Å²) in [6.07, 6.45) is 4.57. The fourth-order valence-corrected chi connectivity index (χ4v) is 6.59. The summed E-state index contributed by atoms with van der Waals surface area (Å²) in [5.74, 6) is -0.511. The zero-order valence-corrected chi connectivity index (χ0v) is 24.3. The number of carbonyl (C=O) groups is 4. The Morgan fingerprint density at radius 1 is 1.02 bits per heavy atom. The standard InChI is InChI=1S/C30H42FN5O5/c1-30(2,3)41-29(40)32-16-19-4-6-20(7-5-19)17-34-10-12-35(13-11-34)25-15-21(31)14-22-23(25)18-36(28(22)39)24-8-9-26(37)33-27(24)38/h14-15,19-20,24H,4-13,16-18H2,1-3H3,(H,32,40)(H,33,37,38). The van der Waals surface area contributed by atoms with Gasteiger partial charge in [0.2, 0.25) is 11.8 Å². The molecule has 2 N–H and O–H groups in total. The number of rotatable bonds is 6. The number of halogens is 1. The summed E-state index contributed by atoms with van der Waals surface area (Å²) in [6.45, 7) is 10.7. The van der Waals surface area contributed by atoms with Gasteiger partial charge in [-0.1, -0.05) is 0 Å². The Morgan fingerprint density at radius 2 is 1.71 bits per heavy atom. The third-order valence-corrected chi connectivity index (χ3v) is 8.73. The van der Waals surface area contributed by atoms with Crippen molar-refractivity contribution in [3.63, 3.8) is 0 Å². The average molecular weight is 572 g/mol. The maximum atomic E-state index is 14.7. The Bertz CT molecular complexity index is 1180. The van der Waals surface area contributed by atoms with Gasteiger partial charge in [-0.15, -0.1) is 0 Å². The fourth-order valence-electron chi connectivity index (χ4n) is 6.59. The second kappa shape index (κ2) is 12.0. The van der Waals surface area contributed by atoms with E-state index in [2.05, 4.69) is 20.4 Å². The van der Waals surface area contributed by atoms with Gasteiger partial charge in [0.1, 0.15) is 17.5 Å². The molecule has 11 heteroatoms. The Kier molecular flexibility index (Phi) is 8.54. The van der Waals surface area contributed by atoms with Crippen molar-refractivity contribution >= 4 is 29.5 Å². The van der Waals surface area contributed by atoms with Crippen LogP contribution in [0.25, 0.3) is 0 Å². The number of imide groups is 1. The zero-order valence-electron chi connectivity index (χ0n) is 24.3. The molecular weight excluding hydrogens is 529 g/mol. The molecule has 0 bridgehead atoms. The smallest absolute Gasteiger partial charge is 0.407 e. The molecule has 41 heavy (non-hydrogen) atoms. The van der Waals surface area contributed by atoms with Gasteiger partial charge >= 0.3 is 6.09 Å². The van der Waals surface area contributed by atoms with Crippen LogP contribution in [0.3, 0.4) is 0 Å². The van der Waals surface area contributed by atoms with Gasteiger partial charge in [0, 0.05) is 69.0 Å². The number of nitrogens with one attached hydrogen (secondary N) is 2. The van der Waals surface area contributed by atoms with Crippen molar-refractivity contribution in [2.75, 3.05) is 44.2 Å². The Morgan fingerprint density at radius 3 is 2.37 bits per heavy atom. The van der Waals surface area contributed by atoms with Crippen molar-refractivity contribution in [3.8, 4) is 0 Å². The maximum absolute atomic E-state index is 14.7. The van der Waals surface area contributed by atoms with Crippen LogP contribution in [0, 0.1) is 17.7 Å². The second-order valence-electron chi connectivity index (χ2n) is 12.9. The molecule has 1 aliphatic carbocycles. The van der Waals surface area contributed by atoms with E-state index in [4.69, 9.17) is 4.74 Å². The SMILES string of the molecule is CC(C)(C)OC(=O)NCC1CCC(CN2CCN(c3cc(F)cc4c3CN(C3CCC(=O)NC3=O)C4=O)CC2)CC1. The van der Waals surface area contributed by atoms with Crippen molar-refractivity contribution in [2.45, 2.75) is 77.5 Å². The molecule has 3 aliphatic heterocycles. The highest BCUT2D eigenvalue weighted by Gasteiger charge is 2.41. The Balaban J connectivity index is 1.11. The van der Waals surface area contributed by atoms with Gasteiger partial charge in [0.25, 0.3) is 5.91 Å². The van der Waals surface area contributed by atoms with Gasteiger partial charge < -0.3 is 19.9 Å². The number of alkyl carbamates (subject to hydrolysis) is 1. The molecule has 1 aromatic rings. The van der Waals surface area contributed by atoms with E-state index in [-0.39, 0.29) is 37.3 Å². The lowest BCUT2D eigenvalue weighted by Crippen LogP contribution is -2.52. The highest BCUT2D eigenvalue weighted by molar-refractivity contribution is 6.06. The maximum Gasteiger partial charge on any atom is 0.407 e. The molecule has 1 atom stereocenters. The number of piperazine rings is 1. The molecule has 0 spiro atoms. The van der Waals surface area contributed by atoms with E-state index in [1.54, 1.807) is 0 Å². The molecule has 1 aromatic carbocycles. The van der Waals surface area contributed by atoms with E-state index in [1.807, 2.05) is 20.8 Å². The van der Waals surface area contributed by atoms with Gasteiger partial charge in [-0.05, 0) is 76.8 Å². The molecule has 0 radical (unpaired) electrons. The largest absolute Gasteiger partial charge is 0.444 e. The van der Waals surface area contributed by atoms with Gasteiger partial charge in [-0.2, -0.15) is 0 Å². The van der Waals surface area contributed by atoms with E-state index >= 15 is 0 Å². The lowest BCUT2D eigenvalue weighted by atomic mass is 9.81. The summed E-state index contributed by atoms with van der Waals surface area (Å²) < 4.78 is 20.0. The quantitative estimate of drug-likeness (QED) is 0.505. The molecule has 4 aliphatic rings. The summed E-state index contributed by atoms with van der Waals surface area (Å²) >= 11 is 0. The lowest BCUT2D eigenvalue weighted by molar-refractivity contribution is -0.136. The molecular formula is C30H42FN5O5. The number of carbonyl (C=O) groups excluding carboxylic acids is 4. The lowest BCUT2D eigenvalue weighted by Gasteiger charge is -2.39. The van der Waals surface area contributed by atoms with E-state index < -0.39 is 23.4 Å². The van der Waals surface area contributed by atoms with Crippen molar-refractivity contribution in [1.29, 1.82) is 0 Å². The number of benzene rings is 1. The molecule has 1 unspecified atom stereocenters. The fraction of sp³-hybridized carbons (Fsp3) is 0.667. The number of hydrogen-bond donors (Lipinski definition) is 2. The van der Waals surface area contributed by atoms with Crippen molar-refractivity contribution < 1.29 is 28.3 Å².